The fourth-order valence-corrected chi connectivity index (χ4v) is 7.49. The summed E-state index contributed by atoms with van der Waals surface area (Å²) < 4.78 is 40.1. The van der Waals surface area contributed by atoms with E-state index in [0.29, 0.717) is 36.8 Å². The zero-order chi connectivity index (χ0) is 31.7. The molecule has 3 fully saturated rings. The van der Waals surface area contributed by atoms with Gasteiger partial charge in [0.15, 0.2) is 18.9 Å². The average Bonchev–Trinajstić information content (AvgIpc) is 3.00. The third kappa shape index (κ3) is 9.08. The standard InChI is InChI=1S/C34H63N3O6/c1-11-27-21(5)20(4)24(8)32(39-27)42-30-25(9)29(13-3)40-33(26(30)10)43-31-23(7)22(6)28(12-2)41-34(31)38-19-17-15-14-16-18-36-37-35/h20-34H,11-19H2,1-10H3/t20-,21+,22+,23-,24?,25-,26?,27?,28?,29?,30-,31?,32-,33-,34+/m0/s1. The number of nitrogens with zero attached hydrogens (tertiary/aromatic N) is 3. The second kappa shape index (κ2) is 17.7. The molecule has 250 valence electrons. The molecule has 0 aromatic rings. The van der Waals surface area contributed by atoms with Crippen LogP contribution in [0.25, 0.3) is 10.4 Å². The summed E-state index contributed by atoms with van der Waals surface area (Å²) in [5.41, 5.74) is 8.46. The van der Waals surface area contributed by atoms with Crippen molar-refractivity contribution in [3.63, 3.8) is 0 Å². The van der Waals surface area contributed by atoms with Gasteiger partial charge in [-0.3, -0.25) is 0 Å². The molecule has 0 spiro atoms. The molecule has 6 unspecified atom stereocenters. The number of hydrogen-bond acceptors (Lipinski definition) is 7. The summed E-state index contributed by atoms with van der Waals surface area (Å²) in [5.74, 6) is 2.19. The molecule has 3 aliphatic heterocycles. The van der Waals surface area contributed by atoms with Gasteiger partial charge in [0.25, 0.3) is 0 Å². The summed E-state index contributed by atoms with van der Waals surface area (Å²) in [7, 11) is 0. The van der Waals surface area contributed by atoms with Gasteiger partial charge >= 0.3 is 0 Å². The van der Waals surface area contributed by atoms with Gasteiger partial charge in [0.2, 0.25) is 0 Å². The van der Waals surface area contributed by atoms with E-state index in [-0.39, 0.29) is 54.6 Å². The van der Waals surface area contributed by atoms with Crippen molar-refractivity contribution in [2.75, 3.05) is 13.2 Å². The third-order valence-electron chi connectivity index (χ3n) is 11.1. The van der Waals surface area contributed by atoms with E-state index in [1.165, 1.54) is 0 Å². The van der Waals surface area contributed by atoms with Crippen molar-refractivity contribution in [3.8, 4) is 0 Å². The van der Waals surface area contributed by atoms with Crippen molar-refractivity contribution in [1.82, 2.24) is 0 Å². The Bertz CT molecular complexity index is 856. The van der Waals surface area contributed by atoms with Crippen molar-refractivity contribution >= 4 is 0 Å². The van der Waals surface area contributed by atoms with Gasteiger partial charge in [0, 0.05) is 35.8 Å². The highest BCUT2D eigenvalue weighted by Crippen LogP contribution is 2.43. The Labute approximate surface area is 262 Å². The fourth-order valence-electron chi connectivity index (χ4n) is 7.49. The van der Waals surface area contributed by atoms with Gasteiger partial charge in [0.05, 0.1) is 24.4 Å². The first-order chi connectivity index (χ1) is 20.6. The lowest BCUT2D eigenvalue weighted by molar-refractivity contribution is -0.356. The van der Waals surface area contributed by atoms with Crippen molar-refractivity contribution in [3.05, 3.63) is 10.4 Å². The average molecular weight is 610 g/mol. The molecule has 3 saturated heterocycles. The van der Waals surface area contributed by atoms with Crippen LogP contribution < -0.4 is 0 Å². The van der Waals surface area contributed by atoms with Gasteiger partial charge in [-0.2, -0.15) is 0 Å². The second-order valence-corrected chi connectivity index (χ2v) is 13.8. The Balaban J connectivity index is 1.71. The summed E-state index contributed by atoms with van der Waals surface area (Å²) in [6, 6.07) is 0. The molecule has 0 radical (unpaired) electrons. The molecule has 43 heavy (non-hydrogen) atoms. The highest BCUT2D eigenvalue weighted by atomic mass is 16.7. The normalized spacial score (nSPS) is 43.7. The van der Waals surface area contributed by atoms with Crippen LogP contribution in [0.2, 0.25) is 0 Å². The van der Waals surface area contributed by atoms with Gasteiger partial charge < -0.3 is 28.4 Å². The van der Waals surface area contributed by atoms with Gasteiger partial charge in [-0.15, -0.1) is 0 Å². The molecule has 9 heteroatoms. The largest absolute Gasteiger partial charge is 0.350 e. The molecule has 0 aromatic heterocycles. The Morgan fingerprint density at radius 3 is 1.67 bits per heavy atom. The lowest BCUT2D eigenvalue weighted by Crippen LogP contribution is -2.58. The maximum Gasteiger partial charge on any atom is 0.184 e. The van der Waals surface area contributed by atoms with E-state index in [9.17, 15) is 0 Å². The predicted octanol–water partition coefficient (Wildman–Crippen LogP) is 8.50. The molecule has 3 rings (SSSR count). The highest BCUT2D eigenvalue weighted by Gasteiger charge is 2.50. The summed E-state index contributed by atoms with van der Waals surface area (Å²) in [6.45, 7) is 23.6. The first-order valence-corrected chi connectivity index (χ1v) is 17.5. The topological polar surface area (TPSA) is 104 Å². The van der Waals surface area contributed by atoms with Crippen LogP contribution >= 0.6 is 0 Å². The monoisotopic (exact) mass is 609 g/mol. The summed E-state index contributed by atoms with van der Waals surface area (Å²) in [6.07, 6.45) is 5.72. The van der Waals surface area contributed by atoms with Crippen LogP contribution in [0.15, 0.2) is 5.11 Å². The number of rotatable bonds is 15. The van der Waals surface area contributed by atoms with Crippen molar-refractivity contribution in [2.24, 2.45) is 46.5 Å². The molecule has 0 aromatic carbocycles. The maximum absolute atomic E-state index is 8.46. The van der Waals surface area contributed by atoms with Crippen LogP contribution in [0.3, 0.4) is 0 Å². The van der Waals surface area contributed by atoms with E-state index in [4.69, 9.17) is 34.0 Å². The zero-order valence-corrected chi connectivity index (χ0v) is 28.8. The van der Waals surface area contributed by atoms with Crippen molar-refractivity contribution in [2.45, 2.75) is 164 Å². The predicted molar refractivity (Wildman–Crippen MR) is 169 cm³/mol. The van der Waals surface area contributed by atoms with Gasteiger partial charge in [0.1, 0.15) is 6.10 Å². The van der Waals surface area contributed by atoms with Gasteiger partial charge in [-0.1, -0.05) is 87.2 Å². The molecule has 0 N–H and O–H groups in total. The number of hydrogen-bond donors (Lipinski definition) is 0. The van der Waals surface area contributed by atoms with Crippen LogP contribution in [-0.4, -0.2) is 62.5 Å². The maximum atomic E-state index is 8.46. The molecule has 3 aliphatic rings. The summed E-state index contributed by atoms with van der Waals surface area (Å²) in [5, 5.41) is 3.62. The first-order valence-electron chi connectivity index (χ1n) is 17.5. The second-order valence-electron chi connectivity index (χ2n) is 13.8. The lowest BCUT2D eigenvalue weighted by Gasteiger charge is -2.51. The molecular formula is C34H63N3O6. The molecule has 15 atom stereocenters. The van der Waals surface area contributed by atoms with E-state index < -0.39 is 12.6 Å². The first kappa shape index (κ1) is 36.5. The minimum atomic E-state index is -0.441. The smallest absolute Gasteiger partial charge is 0.184 e. The minimum Gasteiger partial charge on any atom is -0.350 e. The Morgan fingerprint density at radius 1 is 0.558 bits per heavy atom. The molecule has 9 nitrogen and oxygen atoms in total. The number of ether oxygens (including phenoxy) is 6. The summed E-state index contributed by atoms with van der Waals surface area (Å²) >= 11 is 0. The van der Waals surface area contributed by atoms with Crippen molar-refractivity contribution < 1.29 is 28.4 Å². The lowest BCUT2D eigenvalue weighted by atomic mass is 9.78. The summed E-state index contributed by atoms with van der Waals surface area (Å²) in [4.78, 5) is 2.83. The van der Waals surface area contributed by atoms with Gasteiger partial charge in [-0.05, 0) is 61.3 Å². The van der Waals surface area contributed by atoms with E-state index in [1.54, 1.807) is 0 Å². The molecule has 3 heterocycles. The number of azide groups is 1. The van der Waals surface area contributed by atoms with Crippen LogP contribution in [0, 0.1) is 41.4 Å². The van der Waals surface area contributed by atoms with Crippen LogP contribution in [0.1, 0.15) is 114 Å². The molecule has 0 amide bonds. The quantitative estimate of drug-likeness (QED) is 0.0798. The van der Waals surface area contributed by atoms with Crippen molar-refractivity contribution in [1.29, 1.82) is 0 Å². The van der Waals surface area contributed by atoms with Crippen LogP contribution in [0.5, 0.6) is 0 Å². The third-order valence-corrected chi connectivity index (χ3v) is 11.1. The fraction of sp³-hybridized carbons (Fsp3) is 1.00. The minimum absolute atomic E-state index is 0.0199. The van der Waals surface area contributed by atoms with E-state index in [1.807, 2.05) is 0 Å². The molecule has 0 saturated carbocycles. The molecule has 0 bridgehead atoms. The zero-order valence-electron chi connectivity index (χ0n) is 28.8. The van der Waals surface area contributed by atoms with E-state index in [2.05, 4.69) is 79.3 Å². The van der Waals surface area contributed by atoms with E-state index >= 15 is 0 Å². The Kier molecular flexibility index (Phi) is 15.0. The van der Waals surface area contributed by atoms with Crippen LogP contribution in [0.4, 0.5) is 0 Å². The Hall–Kier alpha value is -0.930. The van der Waals surface area contributed by atoms with Gasteiger partial charge in [-0.25, -0.2) is 0 Å². The number of unbranched alkanes of at least 4 members (excludes halogenated alkanes) is 3. The highest BCUT2D eigenvalue weighted by molar-refractivity contribution is 4.91. The van der Waals surface area contributed by atoms with E-state index in [0.717, 1.165) is 44.9 Å². The SMILES string of the molecule is CCC1O[C@@H](O[C@@H]2C(C)[C@H](OC3[C@H](OCCCCCCN=[N+]=[N-])OC(CC)[C@H](C)[C@@H]3C)OC(CC)[C@@H]2C)C(C)[C@@H](C)[C@H]1C. The molecule has 0 aliphatic carbocycles. The van der Waals surface area contributed by atoms with Crippen LogP contribution in [-0.2, 0) is 28.4 Å². The molecular weight excluding hydrogens is 546 g/mol. The Morgan fingerprint density at radius 2 is 1.07 bits per heavy atom.